The third-order valence-corrected chi connectivity index (χ3v) is 7.03. The largest absolute Gasteiger partial charge is 0.465 e. The second kappa shape index (κ2) is 7.46. The molecule has 3 aliphatic heterocycles. The number of rotatable bonds is 3. The van der Waals surface area contributed by atoms with E-state index in [0.717, 1.165) is 64.0 Å². The van der Waals surface area contributed by atoms with Crippen LogP contribution in [0.2, 0.25) is 0 Å². The third kappa shape index (κ3) is 3.83. The molecule has 4 heterocycles. The van der Waals surface area contributed by atoms with Crippen LogP contribution in [0.15, 0.2) is 10.5 Å². The van der Waals surface area contributed by atoms with Gasteiger partial charge in [-0.25, -0.2) is 0 Å². The summed E-state index contributed by atoms with van der Waals surface area (Å²) in [4.78, 5) is 32.3. The minimum Gasteiger partial charge on any atom is -0.465 e. The number of likely N-dealkylation sites (tertiary alicyclic amines) is 3. The molecule has 6 nitrogen and oxygen atoms in total. The molecule has 0 bridgehead atoms. The quantitative estimate of drug-likeness (QED) is 0.781. The van der Waals surface area contributed by atoms with Crippen molar-refractivity contribution in [3.05, 3.63) is 23.2 Å². The number of hydrogen-bond donors (Lipinski definition) is 0. The van der Waals surface area contributed by atoms with Crippen molar-refractivity contribution in [3.63, 3.8) is 0 Å². The second-order valence-corrected chi connectivity index (χ2v) is 10.1. The van der Waals surface area contributed by atoms with Crippen molar-refractivity contribution in [2.24, 2.45) is 0 Å². The van der Waals surface area contributed by atoms with Gasteiger partial charge >= 0.3 is 0 Å². The summed E-state index contributed by atoms with van der Waals surface area (Å²) in [6.45, 7) is 12.9. The van der Waals surface area contributed by atoms with Crippen molar-refractivity contribution in [2.75, 3.05) is 39.3 Å². The lowest BCUT2D eigenvalue weighted by Crippen LogP contribution is -2.68. The van der Waals surface area contributed by atoms with Crippen molar-refractivity contribution in [3.8, 4) is 0 Å². The zero-order valence-corrected chi connectivity index (χ0v) is 18.4. The van der Waals surface area contributed by atoms with E-state index < -0.39 is 0 Å². The van der Waals surface area contributed by atoms with E-state index in [-0.39, 0.29) is 22.8 Å². The zero-order valence-electron chi connectivity index (χ0n) is 18.4. The molecule has 0 radical (unpaired) electrons. The van der Waals surface area contributed by atoms with Crippen LogP contribution in [0, 0.1) is 6.92 Å². The fourth-order valence-electron chi connectivity index (χ4n) is 5.04. The van der Waals surface area contributed by atoms with Crippen LogP contribution < -0.4 is 0 Å². The summed E-state index contributed by atoms with van der Waals surface area (Å²) < 4.78 is 5.91. The molecule has 3 saturated heterocycles. The van der Waals surface area contributed by atoms with Gasteiger partial charge in [-0.3, -0.25) is 14.5 Å². The smallest absolute Gasteiger partial charge is 0.257 e. The second-order valence-electron chi connectivity index (χ2n) is 10.1. The third-order valence-electron chi connectivity index (χ3n) is 7.03. The number of piperidine rings is 1. The Labute approximate surface area is 174 Å². The lowest BCUT2D eigenvalue weighted by Gasteiger charge is -2.57. The van der Waals surface area contributed by atoms with Gasteiger partial charge in [0.1, 0.15) is 11.5 Å². The van der Waals surface area contributed by atoms with Gasteiger partial charge in [0.2, 0.25) is 5.91 Å². The van der Waals surface area contributed by atoms with Crippen LogP contribution in [0.5, 0.6) is 0 Å². The molecule has 0 unspecified atom stereocenters. The molecule has 0 saturated carbocycles. The number of carbonyl (C=O) groups excluding carboxylic acids is 2. The highest BCUT2D eigenvalue weighted by molar-refractivity contribution is 5.95. The van der Waals surface area contributed by atoms with Gasteiger partial charge in [0.25, 0.3) is 5.91 Å². The van der Waals surface area contributed by atoms with Gasteiger partial charge in [-0.15, -0.1) is 0 Å². The van der Waals surface area contributed by atoms with E-state index in [4.69, 9.17) is 4.42 Å². The normalized spacial score (nSPS) is 25.5. The molecule has 0 N–H and O–H groups in total. The molecule has 3 aliphatic rings. The van der Waals surface area contributed by atoms with Gasteiger partial charge in [-0.1, -0.05) is 20.8 Å². The fourth-order valence-corrected chi connectivity index (χ4v) is 5.04. The highest BCUT2D eigenvalue weighted by Crippen LogP contribution is 2.39. The van der Waals surface area contributed by atoms with Gasteiger partial charge in [-0.05, 0) is 45.1 Å². The average molecular weight is 402 g/mol. The maximum absolute atomic E-state index is 13.3. The number of amides is 2. The monoisotopic (exact) mass is 401 g/mol. The Morgan fingerprint density at radius 1 is 1.03 bits per heavy atom. The Morgan fingerprint density at radius 3 is 2.31 bits per heavy atom. The number of furan rings is 1. The lowest BCUT2D eigenvalue weighted by atomic mass is 9.77. The number of nitrogens with zero attached hydrogens (tertiary/aromatic N) is 3. The lowest BCUT2D eigenvalue weighted by molar-refractivity contribution is -0.138. The predicted octanol–water partition coefficient (Wildman–Crippen LogP) is 3.19. The maximum atomic E-state index is 13.3. The summed E-state index contributed by atoms with van der Waals surface area (Å²) in [7, 11) is 0. The molecular weight excluding hydrogens is 366 g/mol. The first-order valence-corrected chi connectivity index (χ1v) is 11.1. The van der Waals surface area contributed by atoms with E-state index in [2.05, 4.69) is 25.7 Å². The molecule has 1 atom stereocenters. The van der Waals surface area contributed by atoms with Crippen molar-refractivity contribution >= 4 is 11.8 Å². The SMILES string of the molecule is Cc1oc(C(C)(C)C)cc1C(=O)N1CCC[C@@]2(CCN2CC(=O)N2CCCC2)C1. The molecule has 29 heavy (non-hydrogen) atoms. The number of carbonyl (C=O) groups is 2. The van der Waals surface area contributed by atoms with E-state index in [0.29, 0.717) is 24.4 Å². The van der Waals surface area contributed by atoms with Gasteiger partial charge in [0.05, 0.1) is 12.1 Å². The van der Waals surface area contributed by atoms with Crippen LogP contribution in [-0.2, 0) is 10.2 Å². The first-order valence-electron chi connectivity index (χ1n) is 11.1. The van der Waals surface area contributed by atoms with Crippen molar-refractivity contribution in [1.82, 2.24) is 14.7 Å². The maximum Gasteiger partial charge on any atom is 0.257 e. The molecule has 3 fully saturated rings. The molecular formula is C23H35N3O3. The Hall–Kier alpha value is -1.82. The van der Waals surface area contributed by atoms with Gasteiger partial charge in [0.15, 0.2) is 0 Å². The van der Waals surface area contributed by atoms with Gasteiger partial charge < -0.3 is 14.2 Å². The van der Waals surface area contributed by atoms with Crippen molar-refractivity contribution < 1.29 is 14.0 Å². The molecule has 1 aromatic rings. The van der Waals surface area contributed by atoms with Crippen LogP contribution in [-0.4, -0.2) is 71.3 Å². The van der Waals surface area contributed by atoms with E-state index in [1.165, 1.54) is 0 Å². The summed E-state index contributed by atoms with van der Waals surface area (Å²) in [6, 6.07) is 1.92. The van der Waals surface area contributed by atoms with Crippen LogP contribution in [0.1, 0.15) is 74.8 Å². The summed E-state index contributed by atoms with van der Waals surface area (Å²) >= 11 is 0. The predicted molar refractivity (Wildman–Crippen MR) is 112 cm³/mol. The number of aryl methyl sites for hydroxylation is 1. The van der Waals surface area contributed by atoms with Gasteiger partial charge in [-0.2, -0.15) is 0 Å². The molecule has 2 amide bonds. The molecule has 0 aromatic carbocycles. The molecule has 6 heteroatoms. The Morgan fingerprint density at radius 2 is 1.72 bits per heavy atom. The topological polar surface area (TPSA) is 57.0 Å². The van der Waals surface area contributed by atoms with E-state index in [1.807, 2.05) is 22.8 Å². The minimum absolute atomic E-state index is 0.0200. The summed E-state index contributed by atoms with van der Waals surface area (Å²) in [6.07, 6.45) is 5.38. The first-order chi connectivity index (χ1) is 13.7. The van der Waals surface area contributed by atoms with Gasteiger partial charge in [0, 0.05) is 43.7 Å². The highest BCUT2D eigenvalue weighted by atomic mass is 16.3. The molecule has 0 aliphatic carbocycles. The van der Waals surface area contributed by atoms with Crippen LogP contribution in [0.25, 0.3) is 0 Å². The highest BCUT2D eigenvalue weighted by Gasteiger charge is 2.49. The molecule has 1 spiro atoms. The van der Waals surface area contributed by atoms with Crippen molar-refractivity contribution in [1.29, 1.82) is 0 Å². The van der Waals surface area contributed by atoms with Crippen LogP contribution >= 0.6 is 0 Å². The summed E-state index contributed by atoms with van der Waals surface area (Å²) in [5, 5.41) is 0. The first kappa shape index (κ1) is 20.5. The van der Waals surface area contributed by atoms with Crippen LogP contribution in [0.4, 0.5) is 0 Å². The average Bonchev–Trinajstić information content (AvgIpc) is 3.34. The molecule has 4 rings (SSSR count). The summed E-state index contributed by atoms with van der Waals surface area (Å²) in [5.41, 5.74) is 0.548. The van der Waals surface area contributed by atoms with Crippen molar-refractivity contribution in [2.45, 2.75) is 70.8 Å². The number of hydrogen-bond acceptors (Lipinski definition) is 4. The molecule has 1 aromatic heterocycles. The standard InChI is InChI=1S/C23H35N3O3/c1-17-18(14-19(29-17)22(2,3)4)21(28)25-12-7-8-23(16-25)9-13-26(23)15-20(27)24-10-5-6-11-24/h14H,5-13,15-16H2,1-4H3/t23-/m1/s1. The zero-order chi connectivity index (χ0) is 20.8. The van der Waals surface area contributed by atoms with Crippen LogP contribution in [0.3, 0.4) is 0 Å². The molecule has 160 valence electrons. The van der Waals surface area contributed by atoms with E-state index >= 15 is 0 Å². The van der Waals surface area contributed by atoms with E-state index in [1.54, 1.807) is 0 Å². The van der Waals surface area contributed by atoms with E-state index in [9.17, 15) is 9.59 Å². The fraction of sp³-hybridized carbons (Fsp3) is 0.739. The Balaban J connectivity index is 1.45. The summed E-state index contributed by atoms with van der Waals surface area (Å²) in [5.74, 6) is 1.88. The minimum atomic E-state index is -0.118. The Bertz CT molecular complexity index is 788. The Kier molecular flexibility index (Phi) is 5.26.